The van der Waals surface area contributed by atoms with Crippen LogP contribution >= 0.6 is 0 Å². The van der Waals surface area contributed by atoms with Crippen LogP contribution in [0.3, 0.4) is 0 Å². The van der Waals surface area contributed by atoms with E-state index >= 15 is 0 Å². The van der Waals surface area contributed by atoms with Crippen molar-refractivity contribution in [3.05, 3.63) is 64.0 Å². The van der Waals surface area contributed by atoms with Crippen LogP contribution in [0, 0.1) is 16.7 Å². The number of aryl methyl sites for hydroxylation is 1. The molecule has 0 fully saturated rings. The van der Waals surface area contributed by atoms with Crippen molar-refractivity contribution >= 4 is 16.9 Å². The summed E-state index contributed by atoms with van der Waals surface area (Å²) in [5.41, 5.74) is -3.57. The number of rotatable bonds is 18. The van der Waals surface area contributed by atoms with E-state index in [-0.39, 0.29) is 27.7 Å². The zero-order valence-corrected chi connectivity index (χ0v) is 31.7. The average molecular weight is 799 g/mol. The van der Waals surface area contributed by atoms with E-state index in [0.717, 1.165) is 25.0 Å². The third kappa shape index (κ3) is 14.3. The van der Waals surface area contributed by atoms with Gasteiger partial charge in [-0.15, -0.1) is 8.78 Å². The fraction of sp³-hybridized carbons (Fsp3) is 0.590. The number of fused-ring (bicyclic) bond motifs is 1. The normalized spacial score (nSPS) is 14.0. The molecule has 55 heavy (non-hydrogen) atoms. The Kier molecular flexibility index (Phi) is 14.6. The predicted octanol–water partition coefficient (Wildman–Crippen LogP) is 11.8. The average Bonchev–Trinajstić information content (AvgIpc) is 3.00. The number of hydrogen-bond acceptors (Lipinski definition) is 7. The van der Waals surface area contributed by atoms with Gasteiger partial charge in [-0.05, 0) is 59.9 Å². The third-order valence-electron chi connectivity index (χ3n) is 8.44. The number of halogens is 9. The van der Waals surface area contributed by atoms with Gasteiger partial charge in [-0.1, -0.05) is 73.4 Å². The topological polar surface area (TPSA) is 84.2 Å². The molecule has 0 amide bonds. The molecule has 0 bridgehead atoms. The molecule has 1 aromatic heterocycles. The lowest BCUT2D eigenvalue weighted by Gasteiger charge is -2.34. The summed E-state index contributed by atoms with van der Waals surface area (Å²) in [6.07, 6.45) is -19.7. The summed E-state index contributed by atoms with van der Waals surface area (Å²) in [5.74, 6) is -1.74. The van der Waals surface area contributed by atoms with E-state index in [2.05, 4.69) is 9.47 Å². The van der Waals surface area contributed by atoms with Crippen LogP contribution in [0.2, 0.25) is 0 Å². The maximum Gasteiger partial charge on any atom is 0.494 e. The zero-order chi connectivity index (χ0) is 41.6. The molecular formula is C39H47F9O7. The maximum absolute atomic E-state index is 14.3. The lowest BCUT2D eigenvalue weighted by molar-refractivity contribution is -0.514. The largest absolute Gasteiger partial charge is 0.494 e. The van der Waals surface area contributed by atoms with E-state index in [0.29, 0.717) is 24.8 Å². The lowest BCUT2D eigenvalue weighted by atomic mass is 9.72. The Hall–Kier alpha value is -3.79. The molecule has 2 aromatic carbocycles. The van der Waals surface area contributed by atoms with E-state index in [1.807, 2.05) is 27.7 Å². The third-order valence-corrected chi connectivity index (χ3v) is 8.44. The minimum atomic E-state index is -5.48. The van der Waals surface area contributed by atoms with Crippen LogP contribution in [0.5, 0.6) is 5.75 Å². The van der Waals surface area contributed by atoms with Crippen LogP contribution in [0.4, 0.5) is 39.5 Å². The highest BCUT2D eigenvalue weighted by molar-refractivity contribution is 5.83. The number of alkyl halides is 9. The van der Waals surface area contributed by atoms with E-state index in [4.69, 9.17) is 13.9 Å². The highest BCUT2D eigenvalue weighted by Crippen LogP contribution is 2.40. The Morgan fingerprint density at radius 1 is 0.764 bits per heavy atom. The number of ether oxygens (including phenoxy) is 4. The van der Waals surface area contributed by atoms with Crippen LogP contribution in [0.25, 0.3) is 22.1 Å². The summed E-state index contributed by atoms with van der Waals surface area (Å²) in [7, 11) is 0. The van der Waals surface area contributed by atoms with Gasteiger partial charge in [0.15, 0.2) is 0 Å². The molecule has 7 nitrogen and oxygen atoms in total. The second-order valence-corrected chi connectivity index (χ2v) is 15.6. The van der Waals surface area contributed by atoms with Crippen molar-refractivity contribution in [2.24, 2.45) is 16.7 Å². The first-order valence-electron chi connectivity index (χ1n) is 17.7. The fourth-order valence-corrected chi connectivity index (χ4v) is 5.65. The molecule has 0 aliphatic carbocycles. The molecular weight excluding hydrogens is 751 g/mol. The minimum absolute atomic E-state index is 0.155. The molecule has 16 heteroatoms. The van der Waals surface area contributed by atoms with E-state index in [1.54, 1.807) is 20.8 Å². The van der Waals surface area contributed by atoms with Crippen LogP contribution in [0.15, 0.2) is 51.7 Å². The summed E-state index contributed by atoms with van der Waals surface area (Å²) in [6, 6.07) is 8.41. The molecule has 0 aliphatic heterocycles. The second-order valence-electron chi connectivity index (χ2n) is 15.6. The zero-order valence-electron chi connectivity index (χ0n) is 31.7. The van der Waals surface area contributed by atoms with Gasteiger partial charge in [-0.2, -0.15) is 30.7 Å². The Morgan fingerprint density at radius 3 is 1.95 bits per heavy atom. The van der Waals surface area contributed by atoms with Gasteiger partial charge in [-0.3, -0.25) is 4.79 Å². The smallest absolute Gasteiger partial charge is 0.493 e. The maximum atomic E-state index is 14.3. The number of carbonyl (C=O) groups is 1. The van der Waals surface area contributed by atoms with Crippen LogP contribution in [0.1, 0.15) is 98.1 Å². The van der Waals surface area contributed by atoms with Gasteiger partial charge in [0.2, 0.25) is 0 Å². The number of carbonyl (C=O) groups excluding carboxylic acids is 1. The van der Waals surface area contributed by atoms with Crippen molar-refractivity contribution in [2.75, 3.05) is 13.2 Å². The van der Waals surface area contributed by atoms with E-state index in [1.165, 1.54) is 30.3 Å². The van der Waals surface area contributed by atoms with Gasteiger partial charge in [0.25, 0.3) is 0 Å². The summed E-state index contributed by atoms with van der Waals surface area (Å²) < 4.78 is 149. The van der Waals surface area contributed by atoms with Crippen molar-refractivity contribution < 1.29 is 67.7 Å². The summed E-state index contributed by atoms with van der Waals surface area (Å²) in [6.45, 7) is 10.7. The molecule has 0 spiro atoms. The molecule has 0 aliphatic rings. The van der Waals surface area contributed by atoms with Gasteiger partial charge in [0.05, 0.1) is 43.1 Å². The van der Waals surface area contributed by atoms with Gasteiger partial charge in [0, 0.05) is 17.0 Å². The second kappa shape index (κ2) is 17.6. The first kappa shape index (κ1) is 45.6. The summed E-state index contributed by atoms with van der Waals surface area (Å²) in [4.78, 5) is 25.5. The molecule has 0 N–H and O–H groups in total. The number of benzene rings is 2. The Bertz CT molecular complexity index is 1810. The molecule has 3 rings (SSSR count). The van der Waals surface area contributed by atoms with E-state index in [9.17, 15) is 49.1 Å². The van der Waals surface area contributed by atoms with Crippen molar-refractivity contribution in [1.29, 1.82) is 0 Å². The molecule has 308 valence electrons. The predicted molar refractivity (Wildman–Crippen MR) is 186 cm³/mol. The van der Waals surface area contributed by atoms with Gasteiger partial charge < -0.3 is 13.9 Å². The highest BCUT2D eigenvalue weighted by Gasteiger charge is 2.52. The molecule has 0 radical (unpaired) electrons. The lowest BCUT2D eigenvalue weighted by Crippen LogP contribution is -2.41. The van der Waals surface area contributed by atoms with Crippen molar-refractivity contribution in [3.63, 3.8) is 0 Å². The van der Waals surface area contributed by atoms with Gasteiger partial charge in [-0.25, -0.2) is 14.3 Å². The molecule has 1 unspecified atom stereocenters. The van der Waals surface area contributed by atoms with E-state index < -0.39 is 84.8 Å². The Morgan fingerprint density at radius 2 is 1.38 bits per heavy atom. The number of unbranched alkanes of at least 4 members (excludes halogenated alkanes) is 2. The van der Waals surface area contributed by atoms with Gasteiger partial charge >= 0.3 is 36.3 Å². The minimum Gasteiger partial charge on any atom is -0.493 e. The van der Waals surface area contributed by atoms with Crippen molar-refractivity contribution in [2.45, 2.75) is 118 Å². The SMILES string of the molecule is CCCCCc1ccc(-c2cc3ccc(OCCC(F)(F)OC(F)(F)OC(F)(F)CCOC(=O)C(CC(C)(C)C)C(C)(C)C)cc3oc2=O)c(C(F)(F)F)c1. The van der Waals surface area contributed by atoms with Crippen molar-refractivity contribution in [3.8, 4) is 16.9 Å². The molecule has 3 aromatic rings. The molecule has 0 saturated carbocycles. The fourth-order valence-electron chi connectivity index (χ4n) is 5.65. The summed E-state index contributed by atoms with van der Waals surface area (Å²) >= 11 is 0. The number of esters is 1. The monoisotopic (exact) mass is 798 g/mol. The quantitative estimate of drug-likeness (QED) is 0.0416. The first-order chi connectivity index (χ1) is 25.1. The standard InChI is InChI=1S/C39H47F9O7/c1-8-9-10-11-24-12-15-27(29(20-24)38(44,45)46)28-21-25-13-14-26(22-31(25)53-32(28)49)51-18-16-36(40,41)54-39(47,48)55-37(42,43)17-19-52-33(50)30(35(5,6)7)23-34(2,3)4/h12-15,20-22,30H,8-11,16-19,23H2,1-7H3. The summed E-state index contributed by atoms with van der Waals surface area (Å²) in [5, 5.41) is 0.155. The Labute approximate surface area is 313 Å². The first-order valence-corrected chi connectivity index (χ1v) is 17.7. The van der Waals surface area contributed by atoms with Gasteiger partial charge in [0.1, 0.15) is 11.3 Å². The Balaban J connectivity index is 1.61. The van der Waals surface area contributed by atoms with Crippen LogP contribution < -0.4 is 10.4 Å². The molecule has 1 atom stereocenters. The van der Waals surface area contributed by atoms with Crippen LogP contribution in [-0.2, 0) is 31.6 Å². The molecule has 0 saturated heterocycles. The highest BCUT2D eigenvalue weighted by atomic mass is 19.4. The van der Waals surface area contributed by atoms with Crippen LogP contribution in [-0.4, -0.2) is 37.7 Å². The van der Waals surface area contributed by atoms with Crippen molar-refractivity contribution in [1.82, 2.24) is 0 Å². The number of hydrogen-bond donors (Lipinski definition) is 0. The molecule has 1 heterocycles.